The van der Waals surface area contributed by atoms with Crippen molar-refractivity contribution in [2.75, 3.05) is 6.54 Å². The summed E-state index contributed by atoms with van der Waals surface area (Å²) in [5.41, 5.74) is 3.31. The summed E-state index contributed by atoms with van der Waals surface area (Å²) < 4.78 is 1.97. The minimum absolute atomic E-state index is 0.0648. The molecule has 1 aromatic carbocycles. The van der Waals surface area contributed by atoms with E-state index >= 15 is 0 Å². The second-order valence-corrected chi connectivity index (χ2v) is 4.90. The molecule has 0 aliphatic carbocycles. The van der Waals surface area contributed by atoms with Gasteiger partial charge in [0.1, 0.15) is 0 Å². The molecular weight excluding hydrogens is 226 g/mol. The molecule has 1 aliphatic rings. The summed E-state index contributed by atoms with van der Waals surface area (Å²) in [6.07, 6.45) is 0. The Morgan fingerprint density at radius 3 is 2.89 bits per heavy atom. The number of aromatic nitrogens is 2. The second-order valence-electron chi connectivity index (χ2n) is 4.90. The van der Waals surface area contributed by atoms with Crippen molar-refractivity contribution < 1.29 is 0 Å². The maximum Gasteiger partial charge on any atom is 0.267 e. The fraction of sp³-hybridized carbons (Fsp3) is 0.357. The van der Waals surface area contributed by atoms with Crippen molar-refractivity contribution in [2.24, 2.45) is 0 Å². The summed E-state index contributed by atoms with van der Waals surface area (Å²) in [6, 6.07) is 10.2. The van der Waals surface area contributed by atoms with E-state index in [-0.39, 0.29) is 11.5 Å². The van der Waals surface area contributed by atoms with Gasteiger partial charge in [0.25, 0.3) is 5.56 Å². The van der Waals surface area contributed by atoms with Gasteiger partial charge in [0.05, 0.1) is 12.2 Å². The maximum atomic E-state index is 12.0. The zero-order chi connectivity index (χ0) is 12.5. The molecule has 4 nitrogen and oxygen atoms in total. The third kappa shape index (κ3) is 1.88. The minimum atomic E-state index is 0.0648. The molecule has 0 radical (unpaired) electrons. The van der Waals surface area contributed by atoms with Crippen LogP contribution >= 0.6 is 0 Å². The zero-order valence-corrected chi connectivity index (χ0v) is 10.4. The van der Waals surface area contributed by atoms with E-state index < -0.39 is 0 Å². The lowest BCUT2D eigenvalue weighted by molar-refractivity contribution is 0.531. The Morgan fingerprint density at radius 2 is 2.11 bits per heavy atom. The predicted molar refractivity (Wildman–Crippen MR) is 70.7 cm³/mol. The van der Waals surface area contributed by atoms with Crippen LogP contribution in [0.3, 0.4) is 0 Å². The first-order valence-electron chi connectivity index (χ1n) is 6.32. The standard InChI is InChI=1S/C14H17N3O/c1-10-7-15-8-12-13(10)14(18)16-17(12)9-11-5-3-2-4-6-11/h2-6,10,15H,7-9H2,1H3,(H,16,18)/t10-/m0/s1. The van der Waals surface area contributed by atoms with Crippen molar-refractivity contribution in [3.8, 4) is 0 Å². The molecule has 1 aromatic heterocycles. The molecule has 1 atom stereocenters. The molecular formula is C14H17N3O. The third-order valence-corrected chi connectivity index (χ3v) is 3.54. The Bertz CT molecular complexity index is 597. The average Bonchev–Trinajstić information content (AvgIpc) is 2.69. The number of rotatable bonds is 2. The van der Waals surface area contributed by atoms with Gasteiger partial charge in [-0.15, -0.1) is 0 Å². The van der Waals surface area contributed by atoms with E-state index in [4.69, 9.17) is 0 Å². The van der Waals surface area contributed by atoms with Crippen LogP contribution in [0.25, 0.3) is 0 Å². The zero-order valence-electron chi connectivity index (χ0n) is 10.4. The lowest BCUT2D eigenvalue weighted by atomic mass is 9.98. The Morgan fingerprint density at radius 1 is 1.33 bits per heavy atom. The number of H-pyrrole nitrogens is 1. The van der Waals surface area contributed by atoms with E-state index in [1.807, 2.05) is 22.9 Å². The summed E-state index contributed by atoms with van der Waals surface area (Å²) in [5, 5.41) is 6.31. The van der Waals surface area contributed by atoms with E-state index in [1.54, 1.807) is 0 Å². The van der Waals surface area contributed by atoms with Crippen molar-refractivity contribution in [1.82, 2.24) is 15.1 Å². The number of aromatic amines is 1. The molecule has 1 aliphatic heterocycles. The average molecular weight is 243 g/mol. The highest BCUT2D eigenvalue weighted by molar-refractivity contribution is 5.26. The molecule has 0 saturated heterocycles. The van der Waals surface area contributed by atoms with Crippen molar-refractivity contribution in [1.29, 1.82) is 0 Å². The molecule has 0 spiro atoms. The van der Waals surface area contributed by atoms with Crippen LogP contribution in [0.5, 0.6) is 0 Å². The van der Waals surface area contributed by atoms with Gasteiger partial charge in [-0.3, -0.25) is 14.6 Å². The highest BCUT2D eigenvalue weighted by atomic mass is 16.1. The SMILES string of the molecule is C[C@H]1CNCc2c1c(=O)[nH]n2Cc1ccccc1. The molecule has 0 saturated carbocycles. The van der Waals surface area contributed by atoms with Crippen LogP contribution in [0.2, 0.25) is 0 Å². The largest absolute Gasteiger partial charge is 0.311 e. The Hall–Kier alpha value is -1.81. The smallest absolute Gasteiger partial charge is 0.267 e. The predicted octanol–water partition coefficient (Wildman–Crippen LogP) is 1.43. The minimum Gasteiger partial charge on any atom is -0.311 e. The Balaban J connectivity index is 1.99. The summed E-state index contributed by atoms with van der Waals surface area (Å²) in [4.78, 5) is 12.0. The number of benzene rings is 1. The second kappa shape index (κ2) is 4.46. The van der Waals surface area contributed by atoms with Crippen LogP contribution in [0.15, 0.2) is 35.1 Å². The molecule has 18 heavy (non-hydrogen) atoms. The number of hydrogen-bond donors (Lipinski definition) is 2. The number of nitrogens with zero attached hydrogens (tertiary/aromatic N) is 1. The third-order valence-electron chi connectivity index (χ3n) is 3.54. The van der Waals surface area contributed by atoms with Gasteiger partial charge in [-0.1, -0.05) is 37.3 Å². The molecule has 0 unspecified atom stereocenters. The number of nitrogens with one attached hydrogen (secondary N) is 2. The molecule has 0 fully saturated rings. The Kier molecular flexibility index (Phi) is 2.80. The van der Waals surface area contributed by atoms with E-state index in [2.05, 4.69) is 29.5 Å². The van der Waals surface area contributed by atoms with Gasteiger partial charge in [0.2, 0.25) is 0 Å². The first-order valence-corrected chi connectivity index (χ1v) is 6.32. The molecule has 2 heterocycles. The van der Waals surface area contributed by atoms with E-state index in [0.717, 1.165) is 30.9 Å². The van der Waals surface area contributed by atoms with Crippen molar-refractivity contribution in [2.45, 2.75) is 25.9 Å². The quantitative estimate of drug-likeness (QED) is 0.838. The summed E-state index contributed by atoms with van der Waals surface area (Å²) in [6.45, 7) is 4.46. The fourth-order valence-electron chi connectivity index (χ4n) is 2.64. The number of fused-ring (bicyclic) bond motifs is 1. The molecule has 3 rings (SSSR count). The van der Waals surface area contributed by atoms with Gasteiger partial charge in [0, 0.05) is 24.6 Å². The van der Waals surface area contributed by atoms with E-state index in [9.17, 15) is 4.79 Å². The topological polar surface area (TPSA) is 49.8 Å². The van der Waals surface area contributed by atoms with Gasteiger partial charge >= 0.3 is 0 Å². The molecule has 0 bridgehead atoms. The van der Waals surface area contributed by atoms with Crippen LogP contribution in [0, 0.1) is 0 Å². The first kappa shape index (κ1) is 11.3. The van der Waals surface area contributed by atoms with E-state index in [0.29, 0.717) is 0 Å². The van der Waals surface area contributed by atoms with Crippen molar-refractivity contribution >= 4 is 0 Å². The molecule has 94 valence electrons. The van der Waals surface area contributed by atoms with Crippen LogP contribution in [-0.2, 0) is 13.1 Å². The molecule has 4 heteroatoms. The molecule has 2 N–H and O–H groups in total. The highest BCUT2D eigenvalue weighted by Crippen LogP contribution is 2.20. The molecule has 0 amide bonds. The number of hydrogen-bond acceptors (Lipinski definition) is 2. The highest BCUT2D eigenvalue weighted by Gasteiger charge is 2.23. The lowest BCUT2D eigenvalue weighted by Gasteiger charge is -2.20. The fourth-order valence-corrected chi connectivity index (χ4v) is 2.64. The maximum absolute atomic E-state index is 12.0. The van der Waals surface area contributed by atoms with Crippen LogP contribution in [0.1, 0.15) is 29.7 Å². The summed E-state index contributed by atoms with van der Waals surface area (Å²) >= 11 is 0. The summed E-state index contributed by atoms with van der Waals surface area (Å²) in [5.74, 6) is 0.287. The van der Waals surface area contributed by atoms with Crippen LogP contribution in [0.4, 0.5) is 0 Å². The van der Waals surface area contributed by atoms with Gasteiger partial charge in [-0.05, 0) is 5.56 Å². The van der Waals surface area contributed by atoms with Gasteiger partial charge in [0.15, 0.2) is 0 Å². The van der Waals surface area contributed by atoms with Crippen molar-refractivity contribution in [3.05, 3.63) is 57.5 Å². The lowest BCUT2D eigenvalue weighted by Crippen LogP contribution is -2.29. The normalized spacial score (nSPS) is 18.6. The van der Waals surface area contributed by atoms with Gasteiger partial charge in [-0.25, -0.2) is 0 Å². The molecule has 2 aromatic rings. The first-order chi connectivity index (χ1) is 8.75. The van der Waals surface area contributed by atoms with Crippen LogP contribution < -0.4 is 10.9 Å². The van der Waals surface area contributed by atoms with Crippen LogP contribution in [-0.4, -0.2) is 16.3 Å². The monoisotopic (exact) mass is 243 g/mol. The van der Waals surface area contributed by atoms with E-state index in [1.165, 1.54) is 5.56 Å². The Labute approximate surface area is 106 Å². The van der Waals surface area contributed by atoms with Crippen molar-refractivity contribution in [3.63, 3.8) is 0 Å². The van der Waals surface area contributed by atoms with Gasteiger partial charge < -0.3 is 5.32 Å². The van der Waals surface area contributed by atoms with Gasteiger partial charge in [-0.2, -0.15) is 0 Å². The summed E-state index contributed by atoms with van der Waals surface area (Å²) in [7, 11) is 0.